The number of nitrogens with zero attached hydrogens (tertiary/aromatic N) is 1. The van der Waals surface area contributed by atoms with Crippen molar-refractivity contribution >= 4 is 11.8 Å². The fraction of sp³-hybridized carbons (Fsp3) is 0.833. The molecule has 0 aromatic heterocycles. The fourth-order valence-electron chi connectivity index (χ4n) is 8.13. The van der Waals surface area contributed by atoms with Gasteiger partial charge in [-0.15, -0.1) is 0 Å². The largest absolute Gasteiger partial charge is 0.451 e. The van der Waals surface area contributed by atoms with Crippen LogP contribution in [0.15, 0.2) is 16.8 Å². The van der Waals surface area contributed by atoms with Gasteiger partial charge in [0.1, 0.15) is 6.04 Å². The number of esters is 1. The number of allylic oxidation sites excluding steroid dienone is 1. The summed E-state index contributed by atoms with van der Waals surface area (Å²) in [5, 5.41) is 3.32. The van der Waals surface area contributed by atoms with Crippen LogP contribution in [0.2, 0.25) is 0 Å². The van der Waals surface area contributed by atoms with Gasteiger partial charge >= 0.3 is 5.97 Å². The summed E-state index contributed by atoms with van der Waals surface area (Å²) >= 11 is 0. The first-order valence-electron chi connectivity index (χ1n) is 11.4. The molecule has 9 atom stereocenters. The summed E-state index contributed by atoms with van der Waals surface area (Å²) in [7, 11) is 0. The van der Waals surface area contributed by atoms with Crippen LogP contribution in [0.1, 0.15) is 73.1 Å². The predicted octanol–water partition coefficient (Wildman–Crippen LogP) is 5.08. The van der Waals surface area contributed by atoms with Gasteiger partial charge in [0.05, 0.1) is 0 Å². The van der Waals surface area contributed by atoms with Crippen LogP contribution in [0, 0.1) is 45.8 Å². The van der Waals surface area contributed by atoms with Gasteiger partial charge in [-0.1, -0.05) is 37.6 Å². The molecule has 0 aromatic carbocycles. The highest BCUT2D eigenvalue weighted by Crippen LogP contribution is 2.67. The van der Waals surface area contributed by atoms with E-state index in [9.17, 15) is 14.5 Å². The molecular formula is C24H35NO4. The Labute approximate surface area is 174 Å². The van der Waals surface area contributed by atoms with Crippen LogP contribution in [0.3, 0.4) is 0 Å². The van der Waals surface area contributed by atoms with E-state index in [4.69, 9.17) is 4.74 Å². The molecule has 0 bridgehead atoms. The van der Waals surface area contributed by atoms with Crippen molar-refractivity contribution < 1.29 is 14.3 Å². The summed E-state index contributed by atoms with van der Waals surface area (Å²) in [5.74, 6) is 2.62. The number of nitroso groups, excluding NO2 is 1. The van der Waals surface area contributed by atoms with E-state index < -0.39 is 5.60 Å². The Morgan fingerprint density at radius 1 is 1.10 bits per heavy atom. The lowest BCUT2D eigenvalue weighted by Crippen LogP contribution is -2.59. The zero-order valence-corrected chi connectivity index (χ0v) is 18.4. The number of hydrogen-bond donors (Lipinski definition) is 0. The Morgan fingerprint density at radius 3 is 2.45 bits per heavy atom. The lowest BCUT2D eigenvalue weighted by molar-refractivity contribution is -0.188. The second-order valence-electron chi connectivity index (χ2n) is 10.5. The average Bonchev–Trinajstić information content (AvgIpc) is 2.98. The second-order valence-corrected chi connectivity index (χ2v) is 10.5. The van der Waals surface area contributed by atoms with Gasteiger partial charge in [-0.3, -0.25) is 9.59 Å². The minimum absolute atomic E-state index is 0.00538. The highest BCUT2D eigenvalue weighted by Gasteiger charge is 2.67. The van der Waals surface area contributed by atoms with Gasteiger partial charge in [-0.25, -0.2) is 0 Å². The number of carbonyl (C=O) groups excluding carboxylic acids is 2. The first kappa shape index (κ1) is 20.7. The van der Waals surface area contributed by atoms with E-state index in [1.807, 2.05) is 0 Å². The summed E-state index contributed by atoms with van der Waals surface area (Å²) in [5.41, 5.74) is 0.198. The van der Waals surface area contributed by atoms with Crippen molar-refractivity contribution in [1.29, 1.82) is 0 Å². The van der Waals surface area contributed by atoms with Crippen molar-refractivity contribution in [2.75, 3.05) is 0 Å². The van der Waals surface area contributed by atoms with Gasteiger partial charge in [0.2, 0.25) is 0 Å². The third kappa shape index (κ3) is 2.79. The summed E-state index contributed by atoms with van der Waals surface area (Å²) in [6, 6.07) is -0.165. The van der Waals surface area contributed by atoms with Crippen molar-refractivity contribution in [3.05, 3.63) is 16.6 Å². The van der Waals surface area contributed by atoms with Gasteiger partial charge in [0.15, 0.2) is 11.4 Å². The highest BCUT2D eigenvalue weighted by atomic mass is 16.6. The van der Waals surface area contributed by atoms with Crippen molar-refractivity contribution in [3.63, 3.8) is 0 Å². The van der Waals surface area contributed by atoms with E-state index in [2.05, 4.69) is 32.0 Å². The van der Waals surface area contributed by atoms with E-state index in [0.717, 1.165) is 32.1 Å². The molecule has 160 valence electrons. The summed E-state index contributed by atoms with van der Waals surface area (Å²) in [4.78, 5) is 35.9. The molecule has 4 rings (SSSR count). The smallest absolute Gasteiger partial charge is 0.303 e. The molecule has 0 heterocycles. The molecule has 1 unspecified atom stereocenters. The fourth-order valence-corrected chi connectivity index (χ4v) is 8.13. The highest BCUT2D eigenvalue weighted by molar-refractivity contribution is 5.89. The standard InChI is InChI=1S/C24H35NO4/c1-13-14(2)22-19(18-7-6-17(25-28)12-20(13)18)8-10-23(5)21(22)9-11-24(23,15(3)26)29-16(4)27/h12-14,17-19,21-22H,6-11H2,1-5H3/t13-,14+,17?,18+,19+,21-,22+,23-,24-/m0/s1. The molecule has 5 heteroatoms. The number of fused-ring (bicyclic) bond motifs is 5. The maximum absolute atomic E-state index is 12.8. The van der Waals surface area contributed by atoms with E-state index in [1.54, 1.807) is 6.92 Å². The van der Waals surface area contributed by atoms with Gasteiger partial charge in [0.25, 0.3) is 0 Å². The molecule has 0 aliphatic heterocycles. The van der Waals surface area contributed by atoms with Crippen LogP contribution < -0.4 is 0 Å². The molecule has 3 fully saturated rings. The number of rotatable bonds is 3. The minimum Gasteiger partial charge on any atom is -0.451 e. The second kappa shape index (κ2) is 7.02. The third-order valence-electron chi connectivity index (χ3n) is 9.55. The summed E-state index contributed by atoms with van der Waals surface area (Å²) in [6.07, 6.45) is 7.65. The van der Waals surface area contributed by atoms with Gasteiger partial charge in [0, 0.05) is 12.3 Å². The van der Waals surface area contributed by atoms with Crippen molar-refractivity contribution in [2.45, 2.75) is 84.8 Å². The van der Waals surface area contributed by atoms with Crippen LogP contribution in [-0.4, -0.2) is 23.4 Å². The maximum atomic E-state index is 12.8. The zero-order chi connectivity index (χ0) is 21.1. The molecule has 4 aliphatic rings. The molecule has 3 saturated carbocycles. The number of ether oxygens (including phenoxy) is 1. The molecule has 0 N–H and O–H groups in total. The topological polar surface area (TPSA) is 72.8 Å². The molecule has 29 heavy (non-hydrogen) atoms. The molecule has 0 spiro atoms. The van der Waals surface area contributed by atoms with Crippen molar-refractivity contribution in [2.24, 2.45) is 46.1 Å². The average molecular weight is 402 g/mol. The number of ketones is 1. The summed E-state index contributed by atoms with van der Waals surface area (Å²) < 4.78 is 5.86. The van der Waals surface area contributed by atoms with Gasteiger partial charge in [-0.05, 0) is 81.0 Å². The molecule has 0 amide bonds. The monoisotopic (exact) mass is 401 g/mol. The van der Waals surface area contributed by atoms with E-state index >= 15 is 0 Å². The SMILES string of the molecule is CC(=O)O[C@]1(C(C)=O)CC[C@H]2[C@@H]3[C@H](C)[C@H](C)C4=CC(N=O)CC[C@@H]4[C@H]3CC[C@@]21C. The van der Waals surface area contributed by atoms with Crippen LogP contribution >= 0.6 is 0 Å². The Hall–Kier alpha value is -1.52. The van der Waals surface area contributed by atoms with Crippen LogP contribution in [0.25, 0.3) is 0 Å². The molecule has 0 aromatic rings. The summed E-state index contributed by atoms with van der Waals surface area (Å²) in [6.45, 7) is 9.89. The number of Topliss-reactive ketones (excluding diaryl/α,β-unsaturated/α-hetero) is 1. The Bertz CT molecular complexity index is 760. The van der Waals surface area contributed by atoms with Gasteiger partial charge < -0.3 is 4.74 Å². The van der Waals surface area contributed by atoms with Crippen molar-refractivity contribution in [3.8, 4) is 0 Å². The van der Waals surface area contributed by atoms with Gasteiger partial charge in [-0.2, -0.15) is 4.91 Å². The minimum atomic E-state index is -0.966. The zero-order valence-electron chi connectivity index (χ0n) is 18.4. The molecule has 5 nitrogen and oxygen atoms in total. The quantitative estimate of drug-likeness (QED) is 0.376. The predicted molar refractivity (Wildman–Crippen MR) is 111 cm³/mol. The molecule has 0 saturated heterocycles. The Kier molecular flexibility index (Phi) is 5.02. The normalized spacial score (nSPS) is 48.6. The van der Waals surface area contributed by atoms with Crippen molar-refractivity contribution in [1.82, 2.24) is 0 Å². The first-order valence-corrected chi connectivity index (χ1v) is 11.4. The van der Waals surface area contributed by atoms with E-state index in [-0.39, 0.29) is 23.2 Å². The Morgan fingerprint density at radius 2 is 1.83 bits per heavy atom. The number of carbonyl (C=O) groups is 2. The molecule has 4 aliphatic carbocycles. The van der Waals surface area contributed by atoms with E-state index in [0.29, 0.717) is 41.9 Å². The third-order valence-corrected chi connectivity index (χ3v) is 9.55. The molecule has 0 radical (unpaired) electrons. The lowest BCUT2D eigenvalue weighted by atomic mass is 9.46. The molecular weight excluding hydrogens is 366 g/mol. The number of hydrogen-bond acceptors (Lipinski definition) is 5. The lowest BCUT2D eigenvalue weighted by Gasteiger charge is -2.59. The van der Waals surface area contributed by atoms with Crippen LogP contribution in [0.4, 0.5) is 0 Å². The maximum Gasteiger partial charge on any atom is 0.303 e. The van der Waals surface area contributed by atoms with Crippen LogP contribution in [0.5, 0.6) is 0 Å². The van der Waals surface area contributed by atoms with E-state index in [1.165, 1.54) is 12.5 Å². The first-order chi connectivity index (χ1) is 13.7. The van der Waals surface area contributed by atoms with Crippen LogP contribution in [-0.2, 0) is 14.3 Å². The Balaban J connectivity index is 1.72.